The van der Waals surface area contributed by atoms with E-state index in [9.17, 15) is 9.59 Å². The first-order chi connectivity index (χ1) is 16.7. The molecule has 1 aliphatic carbocycles. The molecule has 3 aromatic heterocycles. The zero-order valence-electron chi connectivity index (χ0n) is 18.9. The minimum atomic E-state index is -0.518. The number of anilines is 2. The topological polar surface area (TPSA) is 181 Å². The Labute approximate surface area is 203 Å². The fourth-order valence-electron chi connectivity index (χ4n) is 4.30. The second kappa shape index (κ2) is 8.62. The van der Waals surface area contributed by atoms with Crippen molar-refractivity contribution in [2.24, 2.45) is 11.7 Å². The maximum absolute atomic E-state index is 13.6. The molecule has 3 heterocycles. The number of halogens is 1. The molecule has 0 saturated heterocycles. The van der Waals surface area contributed by atoms with Gasteiger partial charge in [0.1, 0.15) is 29.4 Å². The number of carbonyl (C=O) groups excluding carboxylic acids is 1. The number of aryl methyl sites for hydroxylation is 1. The Kier molecular flexibility index (Phi) is 5.59. The van der Waals surface area contributed by atoms with Crippen LogP contribution >= 0.6 is 11.6 Å². The van der Waals surface area contributed by atoms with E-state index in [1.807, 2.05) is 6.92 Å². The van der Waals surface area contributed by atoms with Crippen LogP contribution < -0.4 is 22.3 Å². The lowest BCUT2D eigenvalue weighted by Crippen LogP contribution is -2.42. The Morgan fingerprint density at radius 3 is 2.74 bits per heavy atom. The highest BCUT2D eigenvalue weighted by molar-refractivity contribution is 6.35. The molecule has 1 amide bonds. The number of amides is 1. The van der Waals surface area contributed by atoms with E-state index in [2.05, 4.69) is 25.4 Å². The van der Waals surface area contributed by atoms with Crippen molar-refractivity contribution in [3.63, 3.8) is 0 Å². The SMILES string of the molecule is Cc1noc(-c2c(N)ncnc2N[C@@H](C)c2nc3cccc(Cl)c3c(=O)n2C2CC(C(N)=O)C2)n1. The van der Waals surface area contributed by atoms with Crippen molar-refractivity contribution in [3.05, 3.63) is 51.6 Å². The van der Waals surface area contributed by atoms with Crippen molar-refractivity contribution >= 4 is 40.0 Å². The second-order valence-electron chi connectivity index (χ2n) is 8.50. The van der Waals surface area contributed by atoms with Crippen molar-refractivity contribution in [2.75, 3.05) is 11.1 Å². The van der Waals surface area contributed by atoms with Gasteiger partial charge in [0.05, 0.1) is 22.0 Å². The van der Waals surface area contributed by atoms with Crippen LogP contribution in [0.1, 0.15) is 43.5 Å². The predicted molar refractivity (Wildman–Crippen MR) is 128 cm³/mol. The Morgan fingerprint density at radius 2 is 2.06 bits per heavy atom. The van der Waals surface area contributed by atoms with E-state index in [1.54, 1.807) is 29.7 Å². The van der Waals surface area contributed by atoms with Crippen molar-refractivity contribution in [1.82, 2.24) is 29.7 Å². The van der Waals surface area contributed by atoms with Crippen LogP contribution in [0.5, 0.6) is 0 Å². The summed E-state index contributed by atoms with van der Waals surface area (Å²) in [6.07, 6.45) is 2.19. The molecule has 5 N–H and O–H groups in total. The van der Waals surface area contributed by atoms with Gasteiger partial charge < -0.3 is 21.3 Å². The van der Waals surface area contributed by atoms with E-state index >= 15 is 0 Å². The molecule has 1 fully saturated rings. The van der Waals surface area contributed by atoms with Gasteiger partial charge in [-0.05, 0) is 38.8 Å². The number of nitrogens with two attached hydrogens (primary N) is 2. The highest BCUT2D eigenvalue weighted by Crippen LogP contribution is 2.39. The number of hydrogen-bond donors (Lipinski definition) is 3. The molecule has 1 atom stereocenters. The second-order valence-corrected chi connectivity index (χ2v) is 8.91. The third-order valence-corrected chi connectivity index (χ3v) is 6.46. The van der Waals surface area contributed by atoms with E-state index in [0.717, 1.165) is 0 Å². The molecule has 0 bridgehead atoms. The van der Waals surface area contributed by atoms with Crippen LogP contribution in [0.15, 0.2) is 33.8 Å². The van der Waals surface area contributed by atoms with E-state index in [4.69, 9.17) is 32.6 Å². The molecule has 5 rings (SSSR count). The van der Waals surface area contributed by atoms with E-state index in [1.165, 1.54) is 6.33 Å². The van der Waals surface area contributed by atoms with Gasteiger partial charge in [0.25, 0.3) is 11.4 Å². The summed E-state index contributed by atoms with van der Waals surface area (Å²) in [7, 11) is 0. The average Bonchev–Trinajstić information content (AvgIpc) is 3.19. The molecule has 35 heavy (non-hydrogen) atoms. The number of hydrogen-bond acceptors (Lipinski definition) is 10. The monoisotopic (exact) mass is 495 g/mol. The van der Waals surface area contributed by atoms with Crippen LogP contribution in [0.4, 0.5) is 11.6 Å². The quantitative estimate of drug-likeness (QED) is 0.359. The Hall–Kier alpha value is -4.06. The van der Waals surface area contributed by atoms with Crippen LogP contribution in [0, 0.1) is 12.8 Å². The van der Waals surface area contributed by atoms with Gasteiger partial charge in [-0.25, -0.2) is 15.0 Å². The minimum Gasteiger partial charge on any atom is -0.383 e. The average molecular weight is 496 g/mol. The lowest BCUT2D eigenvalue weighted by atomic mass is 9.79. The summed E-state index contributed by atoms with van der Waals surface area (Å²) in [4.78, 5) is 42.6. The van der Waals surface area contributed by atoms with Crippen molar-refractivity contribution in [2.45, 2.75) is 38.8 Å². The Morgan fingerprint density at radius 1 is 1.29 bits per heavy atom. The number of rotatable bonds is 6. The Balaban J connectivity index is 1.60. The molecule has 12 nitrogen and oxygen atoms in total. The summed E-state index contributed by atoms with van der Waals surface area (Å²) >= 11 is 6.35. The van der Waals surface area contributed by atoms with Gasteiger partial charge >= 0.3 is 0 Å². The molecule has 1 saturated carbocycles. The zero-order valence-corrected chi connectivity index (χ0v) is 19.7. The molecular formula is C22H22ClN9O3. The fraction of sp³-hybridized carbons (Fsp3) is 0.318. The summed E-state index contributed by atoms with van der Waals surface area (Å²) in [6, 6.07) is 4.34. The molecule has 1 aliphatic rings. The smallest absolute Gasteiger partial charge is 0.265 e. The summed E-state index contributed by atoms with van der Waals surface area (Å²) in [5.74, 6) is 0.847. The third kappa shape index (κ3) is 3.95. The molecule has 0 spiro atoms. The maximum atomic E-state index is 13.6. The highest BCUT2D eigenvalue weighted by Gasteiger charge is 2.37. The van der Waals surface area contributed by atoms with E-state index in [0.29, 0.717) is 51.8 Å². The summed E-state index contributed by atoms with van der Waals surface area (Å²) in [5.41, 5.74) is 12.1. The van der Waals surface area contributed by atoms with Crippen LogP contribution in [0.3, 0.4) is 0 Å². The van der Waals surface area contributed by atoms with Gasteiger partial charge in [0.2, 0.25) is 5.91 Å². The number of nitrogens with zero attached hydrogens (tertiary/aromatic N) is 6. The number of benzene rings is 1. The van der Waals surface area contributed by atoms with Gasteiger partial charge in [0.15, 0.2) is 5.82 Å². The van der Waals surface area contributed by atoms with E-state index in [-0.39, 0.29) is 35.1 Å². The highest BCUT2D eigenvalue weighted by atomic mass is 35.5. The van der Waals surface area contributed by atoms with Crippen molar-refractivity contribution < 1.29 is 9.32 Å². The maximum Gasteiger partial charge on any atom is 0.265 e. The first-order valence-electron chi connectivity index (χ1n) is 10.9. The lowest BCUT2D eigenvalue weighted by Gasteiger charge is -2.36. The first-order valence-corrected chi connectivity index (χ1v) is 11.3. The number of nitrogens with one attached hydrogen (secondary N) is 1. The fourth-order valence-corrected chi connectivity index (χ4v) is 4.55. The van der Waals surface area contributed by atoms with E-state index < -0.39 is 6.04 Å². The number of primary amides is 1. The van der Waals surface area contributed by atoms with Crippen LogP contribution in [-0.2, 0) is 4.79 Å². The molecule has 0 aliphatic heterocycles. The first kappa shape index (κ1) is 22.7. The van der Waals surface area contributed by atoms with Gasteiger partial charge in [0, 0.05) is 12.0 Å². The number of aromatic nitrogens is 6. The van der Waals surface area contributed by atoms with Gasteiger partial charge in [-0.15, -0.1) is 0 Å². The zero-order chi connectivity index (χ0) is 24.9. The molecule has 1 aromatic carbocycles. The van der Waals surface area contributed by atoms with Gasteiger partial charge in [-0.3, -0.25) is 14.2 Å². The number of carbonyl (C=O) groups is 1. The normalized spacial score (nSPS) is 18.3. The number of fused-ring (bicyclic) bond motifs is 1. The summed E-state index contributed by atoms with van der Waals surface area (Å²) < 4.78 is 6.87. The molecular weight excluding hydrogens is 474 g/mol. The molecule has 180 valence electrons. The molecule has 13 heteroatoms. The standard InChI is InChI=1S/C22H22ClN9O3/c1-9(28-19-16(17(24)26-8-27-19)21-29-10(2)31-35-21)20-30-14-5-3-4-13(23)15(14)22(34)32(20)12-6-11(7-12)18(25)33/h3-5,8-9,11-12H,6-7H2,1-2H3,(H2,25,33)(H3,24,26,27,28)/t9-,11?,12?/m0/s1. The molecule has 0 radical (unpaired) electrons. The third-order valence-electron chi connectivity index (χ3n) is 6.15. The Bertz CT molecular complexity index is 1510. The summed E-state index contributed by atoms with van der Waals surface area (Å²) in [6.45, 7) is 3.52. The molecule has 4 aromatic rings. The van der Waals surface area contributed by atoms with Crippen molar-refractivity contribution in [3.8, 4) is 11.5 Å². The predicted octanol–water partition coefficient (Wildman–Crippen LogP) is 2.39. The number of nitrogen functional groups attached to an aromatic ring is 1. The van der Waals surface area contributed by atoms with Crippen LogP contribution in [0.25, 0.3) is 22.4 Å². The van der Waals surface area contributed by atoms with Gasteiger partial charge in [-0.2, -0.15) is 4.98 Å². The van der Waals surface area contributed by atoms with Crippen molar-refractivity contribution in [1.29, 1.82) is 0 Å². The van der Waals surface area contributed by atoms with Crippen LogP contribution in [0.2, 0.25) is 5.02 Å². The largest absolute Gasteiger partial charge is 0.383 e. The van der Waals surface area contributed by atoms with Gasteiger partial charge in [-0.1, -0.05) is 22.8 Å². The van der Waals surface area contributed by atoms with Crippen LogP contribution in [-0.4, -0.2) is 35.6 Å². The lowest BCUT2D eigenvalue weighted by molar-refractivity contribution is -0.125. The molecule has 0 unspecified atom stereocenters. The minimum absolute atomic E-state index is 0.150. The summed E-state index contributed by atoms with van der Waals surface area (Å²) in [5, 5.41) is 7.69.